The highest BCUT2D eigenvalue weighted by Crippen LogP contribution is 2.07. The summed E-state index contributed by atoms with van der Waals surface area (Å²) in [6.45, 7) is 0. The molecule has 0 aromatic heterocycles. The highest BCUT2D eigenvalue weighted by atomic mass is 36.0. The Kier molecular flexibility index (Phi) is 7.18. The lowest BCUT2D eigenvalue weighted by atomic mass is 10.3. The molecule has 0 heterocycles. The second-order valence-corrected chi connectivity index (χ2v) is 4.39. The molecule has 1 aromatic rings. The maximum Gasteiger partial charge on any atom is 0.511 e. The molecule has 0 amide bonds. The summed E-state index contributed by atoms with van der Waals surface area (Å²) in [5, 5.41) is 8.14. The molecule has 78 valence electrons. The molecule has 0 aliphatic heterocycles. The quantitative estimate of drug-likeness (QED) is 0.477. The first kappa shape index (κ1) is 13.2. The molecule has 0 unspecified atom stereocenters. The number of halogens is 2. The van der Waals surface area contributed by atoms with E-state index in [4.69, 9.17) is 9.32 Å². The van der Waals surface area contributed by atoms with Crippen LogP contribution in [0.3, 0.4) is 0 Å². The number of carbonyl (C=O) groups is 1. The maximum atomic E-state index is 9.95. The maximum absolute atomic E-state index is 9.95. The van der Waals surface area contributed by atoms with Crippen LogP contribution in [0, 0.1) is 0 Å². The van der Waals surface area contributed by atoms with E-state index in [-0.39, 0.29) is 0 Å². The van der Waals surface area contributed by atoms with Crippen LogP contribution in [0.2, 0.25) is 0 Å². The van der Waals surface area contributed by atoms with Gasteiger partial charge in [0, 0.05) is 21.4 Å². The van der Waals surface area contributed by atoms with Crippen molar-refractivity contribution in [3.05, 3.63) is 30.3 Å². The van der Waals surface area contributed by atoms with E-state index in [0.29, 0.717) is 5.75 Å². The molecule has 0 saturated carbocycles. The van der Waals surface area contributed by atoms with Crippen LogP contribution in [0.5, 0.6) is 5.75 Å². The van der Waals surface area contributed by atoms with Crippen LogP contribution in [-0.2, 0) is 9.23 Å². The van der Waals surface area contributed by atoms with Gasteiger partial charge < -0.3 is 9.84 Å². The first-order chi connectivity index (χ1) is 6.52. The van der Waals surface area contributed by atoms with Gasteiger partial charge in [-0.25, -0.2) is 9.00 Å². The van der Waals surface area contributed by atoms with Crippen LogP contribution in [0.25, 0.3) is 0 Å². The highest BCUT2D eigenvalue weighted by Gasteiger charge is 1.96. The zero-order valence-electron chi connectivity index (χ0n) is 6.72. The molecule has 14 heavy (non-hydrogen) atoms. The molecule has 0 atom stereocenters. The van der Waals surface area contributed by atoms with Crippen molar-refractivity contribution in [2.24, 2.45) is 0 Å². The predicted octanol–water partition coefficient (Wildman–Crippen LogP) is 2.79. The van der Waals surface area contributed by atoms with Crippen molar-refractivity contribution >= 4 is 36.7 Å². The van der Waals surface area contributed by atoms with Gasteiger partial charge in [0.05, 0.1) is 0 Å². The third-order valence-electron chi connectivity index (χ3n) is 0.948. The van der Waals surface area contributed by atoms with Gasteiger partial charge in [0.15, 0.2) is 0 Å². The van der Waals surface area contributed by atoms with Gasteiger partial charge in [-0.1, -0.05) is 18.2 Å². The Labute approximate surface area is 91.9 Å². The molecule has 4 nitrogen and oxygen atoms in total. The van der Waals surface area contributed by atoms with Crippen molar-refractivity contribution in [1.82, 2.24) is 0 Å². The second kappa shape index (κ2) is 7.61. The van der Waals surface area contributed by atoms with Gasteiger partial charge in [0.25, 0.3) is 0 Å². The topological polar surface area (TPSA) is 63.6 Å². The molecule has 0 saturated heterocycles. The molecule has 1 N–H and O–H groups in total. The minimum atomic E-state index is -1.67. The Morgan fingerprint density at radius 3 is 2.07 bits per heavy atom. The van der Waals surface area contributed by atoms with E-state index in [0.717, 1.165) is 0 Å². The molecule has 0 aliphatic rings. The van der Waals surface area contributed by atoms with Crippen LogP contribution < -0.4 is 4.74 Å². The van der Waals surface area contributed by atoms with Crippen molar-refractivity contribution < 1.29 is 18.8 Å². The molecule has 1 rings (SSSR count). The molecule has 1 aromatic carbocycles. The van der Waals surface area contributed by atoms with Crippen molar-refractivity contribution in [1.29, 1.82) is 0 Å². The van der Waals surface area contributed by atoms with E-state index >= 15 is 0 Å². The van der Waals surface area contributed by atoms with Crippen LogP contribution in [0.1, 0.15) is 0 Å². The minimum Gasteiger partial charge on any atom is -0.449 e. The van der Waals surface area contributed by atoms with Crippen LogP contribution >= 0.6 is 21.4 Å². The number of para-hydroxylation sites is 1. The number of rotatable bonds is 1. The van der Waals surface area contributed by atoms with Gasteiger partial charge in [-0.05, 0) is 12.1 Å². The molecular formula is C7H6Cl2O4S. The Bertz CT molecular complexity index is 300. The van der Waals surface area contributed by atoms with E-state index in [1.807, 2.05) is 0 Å². The summed E-state index contributed by atoms with van der Waals surface area (Å²) in [5.74, 6) is 0.343. The lowest BCUT2D eigenvalue weighted by Crippen LogP contribution is -2.02. The van der Waals surface area contributed by atoms with Crippen molar-refractivity contribution in [3.63, 3.8) is 0 Å². The van der Waals surface area contributed by atoms with Crippen LogP contribution in [0.4, 0.5) is 4.79 Å². The first-order valence-electron chi connectivity index (χ1n) is 3.22. The average molecular weight is 257 g/mol. The molecule has 0 aliphatic carbocycles. The molecule has 0 spiro atoms. The third kappa shape index (κ3) is 9.31. The van der Waals surface area contributed by atoms with E-state index in [9.17, 15) is 4.79 Å². The van der Waals surface area contributed by atoms with E-state index in [1.165, 1.54) is 0 Å². The largest absolute Gasteiger partial charge is 0.511 e. The Morgan fingerprint density at radius 2 is 1.71 bits per heavy atom. The Balaban J connectivity index is 0.000000364. The van der Waals surface area contributed by atoms with E-state index in [2.05, 4.69) is 26.1 Å². The first-order valence-corrected chi connectivity index (χ1v) is 6.02. The van der Waals surface area contributed by atoms with Gasteiger partial charge in [-0.2, -0.15) is 0 Å². The van der Waals surface area contributed by atoms with Gasteiger partial charge in [0.1, 0.15) is 5.75 Å². The zero-order chi connectivity index (χ0) is 11.0. The van der Waals surface area contributed by atoms with Crippen molar-refractivity contribution in [2.75, 3.05) is 0 Å². The fourth-order valence-electron chi connectivity index (χ4n) is 0.589. The standard InChI is InChI=1S/C7H6O3.Cl2OS/c8-7(9)10-6-4-2-1-3-5-6;1-4(2)3/h1-5H,(H,8,9);. The van der Waals surface area contributed by atoms with Gasteiger partial charge in [0.2, 0.25) is 9.23 Å². The molecule has 0 bridgehead atoms. The smallest absolute Gasteiger partial charge is 0.449 e. The van der Waals surface area contributed by atoms with Crippen molar-refractivity contribution in [3.8, 4) is 5.75 Å². The number of ether oxygens (including phenoxy) is 1. The summed E-state index contributed by atoms with van der Waals surface area (Å²) >= 11 is 0. The molecule has 0 fully saturated rings. The monoisotopic (exact) mass is 256 g/mol. The zero-order valence-corrected chi connectivity index (χ0v) is 9.05. The van der Waals surface area contributed by atoms with E-state index < -0.39 is 15.4 Å². The fraction of sp³-hybridized carbons (Fsp3) is 0. The molecule has 0 radical (unpaired) electrons. The van der Waals surface area contributed by atoms with E-state index in [1.54, 1.807) is 30.3 Å². The normalized spacial score (nSPS) is 8.79. The summed E-state index contributed by atoms with van der Waals surface area (Å²) in [5.41, 5.74) is 0. The number of carboxylic acid groups (broad SMARTS) is 1. The summed E-state index contributed by atoms with van der Waals surface area (Å²) in [6, 6.07) is 8.35. The molecule has 7 heteroatoms. The highest BCUT2D eigenvalue weighted by molar-refractivity contribution is 8.26. The summed E-state index contributed by atoms with van der Waals surface area (Å²) in [7, 11) is 7.36. The van der Waals surface area contributed by atoms with Gasteiger partial charge >= 0.3 is 6.16 Å². The predicted molar refractivity (Wildman–Crippen MR) is 54.9 cm³/mol. The van der Waals surface area contributed by atoms with Crippen LogP contribution in [-0.4, -0.2) is 15.5 Å². The fourth-order valence-corrected chi connectivity index (χ4v) is 0.589. The Morgan fingerprint density at radius 1 is 1.29 bits per heavy atom. The van der Waals surface area contributed by atoms with Gasteiger partial charge in [-0.15, -0.1) is 0 Å². The Hall–Kier alpha value is -0.780. The number of benzene rings is 1. The summed E-state index contributed by atoms with van der Waals surface area (Å²) < 4.78 is 13.4. The minimum absolute atomic E-state index is 0.343. The van der Waals surface area contributed by atoms with Crippen molar-refractivity contribution in [2.45, 2.75) is 0 Å². The lowest BCUT2D eigenvalue weighted by molar-refractivity contribution is 0.144. The summed E-state index contributed by atoms with van der Waals surface area (Å²) in [4.78, 5) is 9.95. The average Bonchev–Trinajstić information content (AvgIpc) is 2.03. The number of hydrogen-bond acceptors (Lipinski definition) is 3. The second-order valence-electron chi connectivity index (χ2n) is 1.87. The number of hydrogen-bond donors (Lipinski definition) is 1. The summed E-state index contributed by atoms with van der Waals surface area (Å²) in [6.07, 6.45) is -1.29. The lowest BCUT2D eigenvalue weighted by Gasteiger charge is -1.95. The third-order valence-corrected chi connectivity index (χ3v) is 0.948. The SMILES string of the molecule is O=C(O)Oc1ccccc1.O=S(Cl)Cl. The van der Waals surface area contributed by atoms with Crippen LogP contribution in [0.15, 0.2) is 30.3 Å². The molecular weight excluding hydrogens is 251 g/mol. The van der Waals surface area contributed by atoms with Gasteiger partial charge in [-0.3, -0.25) is 0 Å².